The number of rotatable bonds is 6. The Bertz CT molecular complexity index is 530. The third-order valence-corrected chi connectivity index (χ3v) is 4.44. The lowest BCUT2D eigenvalue weighted by Crippen LogP contribution is -2.52. The first-order chi connectivity index (χ1) is 10.8. The van der Waals surface area contributed by atoms with Gasteiger partial charge in [-0.15, -0.1) is 0 Å². The summed E-state index contributed by atoms with van der Waals surface area (Å²) in [6, 6.07) is 7.97. The molecule has 5 heteroatoms. The Labute approximate surface area is 138 Å². The van der Waals surface area contributed by atoms with Crippen LogP contribution < -0.4 is 10.1 Å². The molecule has 1 aromatic rings. The highest BCUT2D eigenvalue weighted by Gasteiger charge is 2.44. The van der Waals surface area contributed by atoms with Gasteiger partial charge in [-0.25, -0.2) is 0 Å². The molecule has 2 atom stereocenters. The topological polar surface area (TPSA) is 61.8 Å². The molecule has 1 amide bonds. The molecular formula is C18H28N2O3. The average molecular weight is 320 g/mol. The number of hydrogen-bond donors (Lipinski definition) is 2. The Balaban J connectivity index is 1.81. The van der Waals surface area contributed by atoms with Crippen molar-refractivity contribution in [1.29, 1.82) is 0 Å². The van der Waals surface area contributed by atoms with Crippen LogP contribution >= 0.6 is 0 Å². The van der Waals surface area contributed by atoms with E-state index >= 15 is 0 Å². The number of β-amino-alcohol motifs (C(OH)–C–C–N with tert-alkyl or cyclic N) is 1. The summed E-state index contributed by atoms with van der Waals surface area (Å²) in [5.41, 5.74) is 0.542. The number of likely N-dealkylation sites (N-methyl/N-ethyl adjacent to an activating group) is 1. The van der Waals surface area contributed by atoms with Gasteiger partial charge in [-0.3, -0.25) is 9.69 Å². The van der Waals surface area contributed by atoms with E-state index in [4.69, 9.17) is 4.74 Å². The van der Waals surface area contributed by atoms with E-state index < -0.39 is 11.6 Å². The first-order valence-corrected chi connectivity index (χ1v) is 8.24. The van der Waals surface area contributed by atoms with E-state index in [-0.39, 0.29) is 12.0 Å². The van der Waals surface area contributed by atoms with Gasteiger partial charge in [0.1, 0.15) is 5.75 Å². The summed E-state index contributed by atoms with van der Waals surface area (Å²) in [6.07, 6.45) is 0.996. The zero-order chi connectivity index (χ0) is 17.0. The van der Waals surface area contributed by atoms with E-state index in [1.165, 1.54) is 0 Å². The molecule has 2 unspecified atom stereocenters. The first-order valence-electron chi connectivity index (χ1n) is 8.24. The largest absolute Gasteiger partial charge is 0.491 e. The predicted octanol–water partition coefficient (Wildman–Crippen LogP) is 1.59. The lowest BCUT2D eigenvalue weighted by molar-refractivity contribution is -0.130. The van der Waals surface area contributed by atoms with Gasteiger partial charge < -0.3 is 15.2 Å². The van der Waals surface area contributed by atoms with E-state index in [1.54, 1.807) is 0 Å². The molecule has 1 saturated heterocycles. The van der Waals surface area contributed by atoms with E-state index in [0.717, 1.165) is 17.7 Å². The van der Waals surface area contributed by atoms with Crippen molar-refractivity contribution in [2.24, 2.45) is 0 Å². The van der Waals surface area contributed by atoms with Gasteiger partial charge in [-0.1, -0.05) is 12.1 Å². The fraction of sp³-hybridized carbons (Fsp3) is 0.611. The zero-order valence-electron chi connectivity index (χ0n) is 14.5. The number of aliphatic hydroxyl groups is 1. The van der Waals surface area contributed by atoms with Crippen LogP contribution in [-0.2, 0) is 11.2 Å². The molecule has 128 valence electrons. The normalized spacial score (nSPS) is 24.9. The summed E-state index contributed by atoms with van der Waals surface area (Å²) in [5, 5.41) is 12.7. The minimum atomic E-state index is -0.617. The van der Waals surface area contributed by atoms with Gasteiger partial charge in [0.05, 0.1) is 17.7 Å². The highest BCUT2D eigenvalue weighted by Crippen LogP contribution is 2.27. The molecule has 2 N–H and O–H groups in total. The Hall–Kier alpha value is -1.59. The van der Waals surface area contributed by atoms with Crippen LogP contribution in [0.15, 0.2) is 24.3 Å². The molecule has 5 nitrogen and oxygen atoms in total. The molecule has 1 aliphatic rings. The number of hydrogen-bond acceptors (Lipinski definition) is 4. The zero-order valence-corrected chi connectivity index (χ0v) is 14.5. The van der Waals surface area contributed by atoms with Crippen molar-refractivity contribution in [2.75, 3.05) is 20.1 Å². The maximum atomic E-state index is 12.4. The van der Waals surface area contributed by atoms with Gasteiger partial charge in [0.25, 0.3) is 0 Å². The van der Waals surface area contributed by atoms with E-state index in [0.29, 0.717) is 19.5 Å². The van der Waals surface area contributed by atoms with Crippen LogP contribution in [-0.4, -0.2) is 53.8 Å². The molecule has 1 fully saturated rings. The van der Waals surface area contributed by atoms with Gasteiger partial charge >= 0.3 is 0 Å². The molecule has 1 heterocycles. The molecule has 0 saturated carbocycles. The molecule has 0 aromatic heterocycles. The van der Waals surface area contributed by atoms with Crippen LogP contribution in [0, 0.1) is 0 Å². The lowest BCUT2D eigenvalue weighted by atomic mass is 9.97. The maximum Gasteiger partial charge on any atom is 0.240 e. The fourth-order valence-electron chi connectivity index (χ4n) is 2.98. The number of nitrogens with one attached hydrogen (secondary N) is 1. The molecule has 23 heavy (non-hydrogen) atoms. The van der Waals surface area contributed by atoms with E-state index in [9.17, 15) is 9.90 Å². The van der Waals surface area contributed by atoms with Crippen LogP contribution in [0.1, 0.15) is 32.8 Å². The predicted molar refractivity (Wildman–Crippen MR) is 90.6 cm³/mol. The standard InChI is InChI=1S/C18H28N2O3/c1-13(2)23-16-7-5-14(6-8-16)9-10-19-17(22)18(3)11-15(21)12-20(18)4/h5-8,13,15,21H,9-12H2,1-4H3,(H,19,22). The monoisotopic (exact) mass is 320 g/mol. The SMILES string of the molecule is CC(C)Oc1ccc(CCNC(=O)C2(C)CC(O)CN2C)cc1. The van der Waals surface area contributed by atoms with Crippen molar-refractivity contribution < 1.29 is 14.6 Å². The number of carbonyl (C=O) groups excluding carboxylic acids is 1. The Kier molecular flexibility index (Phi) is 5.65. The third-order valence-electron chi connectivity index (χ3n) is 4.44. The summed E-state index contributed by atoms with van der Waals surface area (Å²) < 4.78 is 5.62. The number of carbonyl (C=O) groups is 1. The van der Waals surface area contributed by atoms with Crippen LogP contribution in [0.3, 0.4) is 0 Å². The summed E-state index contributed by atoms with van der Waals surface area (Å²) in [4.78, 5) is 14.3. The smallest absolute Gasteiger partial charge is 0.240 e. The van der Waals surface area contributed by atoms with Gasteiger partial charge in [-0.2, -0.15) is 0 Å². The molecule has 1 aromatic carbocycles. The second-order valence-corrected chi connectivity index (χ2v) is 6.83. The van der Waals surface area contributed by atoms with Gasteiger partial charge in [0.2, 0.25) is 5.91 Å². The quantitative estimate of drug-likeness (QED) is 0.835. The van der Waals surface area contributed by atoms with Crippen LogP contribution in [0.4, 0.5) is 0 Å². The van der Waals surface area contributed by atoms with Gasteiger partial charge in [-0.05, 0) is 51.9 Å². The maximum absolute atomic E-state index is 12.4. The van der Waals surface area contributed by atoms with Gasteiger partial charge in [0, 0.05) is 19.5 Å². The van der Waals surface area contributed by atoms with E-state index in [2.05, 4.69) is 5.32 Å². The second-order valence-electron chi connectivity index (χ2n) is 6.83. The Morgan fingerprint density at radius 1 is 1.43 bits per heavy atom. The Morgan fingerprint density at radius 3 is 2.61 bits per heavy atom. The van der Waals surface area contributed by atoms with Crippen molar-refractivity contribution in [2.45, 2.75) is 51.4 Å². The second kappa shape index (κ2) is 7.32. The fourth-order valence-corrected chi connectivity index (χ4v) is 2.98. The molecule has 2 rings (SSSR count). The highest BCUT2D eigenvalue weighted by molar-refractivity contribution is 5.86. The van der Waals surface area contributed by atoms with Crippen molar-refractivity contribution in [1.82, 2.24) is 10.2 Å². The summed E-state index contributed by atoms with van der Waals surface area (Å²) in [7, 11) is 1.88. The molecule has 0 spiro atoms. The summed E-state index contributed by atoms with van der Waals surface area (Å²) in [6.45, 7) is 7.02. The highest BCUT2D eigenvalue weighted by atomic mass is 16.5. The van der Waals surface area contributed by atoms with E-state index in [1.807, 2.05) is 57.0 Å². The minimum absolute atomic E-state index is 0.0173. The minimum Gasteiger partial charge on any atom is -0.491 e. The molecule has 1 aliphatic heterocycles. The van der Waals surface area contributed by atoms with Gasteiger partial charge in [0.15, 0.2) is 0 Å². The van der Waals surface area contributed by atoms with Crippen molar-refractivity contribution in [3.05, 3.63) is 29.8 Å². The van der Waals surface area contributed by atoms with Crippen LogP contribution in [0.25, 0.3) is 0 Å². The number of ether oxygens (including phenoxy) is 1. The summed E-state index contributed by atoms with van der Waals surface area (Å²) in [5.74, 6) is 0.846. The average Bonchev–Trinajstić information content (AvgIpc) is 2.74. The van der Waals surface area contributed by atoms with Crippen LogP contribution in [0.5, 0.6) is 5.75 Å². The molecule has 0 aliphatic carbocycles. The Morgan fingerprint density at radius 2 is 2.09 bits per heavy atom. The lowest BCUT2D eigenvalue weighted by Gasteiger charge is -2.30. The number of benzene rings is 1. The van der Waals surface area contributed by atoms with Crippen LogP contribution in [0.2, 0.25) is 0 Å². The third kappa shape index (κ3) is 4.45. The van der Waals surface area contributed by atoms with Crippen molar-refractivity contribution in [3.8, 4) is 5.75 Å². The number of aliphatic hydroxyl groups excluding tert-OH is 1. The first kappa shape index (κ1) is 17.8. The molecule has 0 bridgehead atoms. The molecular weight excluding hydrogens is 292 g/mol. The number of nitrogens with zero attached hydrogens (tertiary/aromatic N) is 1. The number of amides is 1. The number of likely N-dealkylation sites (tertiary alicyclic amines) is 1. The van der Waals surface area contributed by atoms with Crippen molar-refractivity contribution >= 4 is 5.91 Å². The summed E-state index contributed by atoms with van der Waals surface area (Å²) >= 11 is 0. The molecule has 0 radical (unpaired) electrons. The van der Waals surface area contributed by atoms with Crippen molar-refractivity contribution in [3.63, 3.8) is 0 Å².